The summed E-state index contributed by atoms with van der Waals surface area (Å²) < 4.78 is 0. The molecule has 2 aliphatic rings. The topological polar surface area (TPSA) is 29.1 Å². The van der Waals surface area contributed by atoms with Crippen LogP contribution in [-0.2, 0) is 29.8 Å². The maximum absolute atomic E-state index is 12.7. The lowest BCUT2D eigenvalue weighted by Gasteiger charge is -2.18. The summed E-state index contributed by atoms with van der Waals surface area (Å²) in [5, 5.41) is 3.19. The monoisotopic (exact) mass is 383 g/mol. The van der Waals surface area contributed by atoms with Gasteiger partial charge < -0.3 is 5.32 Å². The van der Waals surface area contributed by atoms with E-state index in [-0.39, 0.29) is 11.9 Å². The summed E-state index contributed by atoms with van der Waals surface area (Å²) in [6, 6.07) is 10.7. The van der Waals surface area contributed by atoms with Gasteiger partial charge in [0.15, 0.2) is 0 Å². The first-order valence-electron chi connectivity index (χ1n) is 9.53. The van der Waals surface area contributed by atoms with Crippen LogP contribution in [0.25, 0.3) is 6.08 Å². The summed E-state index contributed by atoms with van der Waals surface area (Å²) in [6.45, 7) is 2.10. The Morgan fingerprint density at radius 1 is 1.15 bits per heavy atom. The number of carbonyl (C=O) groups excluding carboxylic acids is 1. The molecule has 1 aliphatic heterocycles. The van der Waals surface area contributed by atoms with Crippen molar-refractivity contribution in [2.24, 2.45) is 0 Å². The molecule has 0 radical (unpaired) electrons. The first-order valence-corrected chi connectivity index (χ1v) is 11.3. The summed E-state index contributed by atoms with van der Waals surface area (Å²) in [7, 11) is 0. The molecule has 1 aromatic heterocycles. The van der Waals surface area contributed by atoms with Crippen LogP contribution in [-0.4, -0.2) is 11.9 Å². The van der Waals surface area contributed by atoms with Crippen LogP contribution in [0.1, 0.15) is 52.6 Å². The second-order valence-electron chi connectivity index (χ2n) is 7.25. The zero-order valence-corrected chi connectivity index (χ0v) is 16.8. The number of amides is 1. The van der Waals surface area contributed by atoms with Gasteiger partial charge in [-0.1, -0.05) is 30.3 Å². The number of benzene rings is 1. The number of fused-ring (bicyclic) bond motifs is 3. The highest BCUT2D eigenvalue weighted by atomic mass is 32.2. The highest BCUT2D eigenvalue weighted by Crippen LogP contribution is 2.42. The number of aryl methyl sites for hydroxylation is 2. The molecule has 4 rings (SSSR count). The quantitative estimate of drug-likeness (QED) is 0.754. The third kappa shape index (κ3) is 3.91. The molecular weight excluding hydrogens is 358 g/mol. The third-order valence-electron chi connectivity index (χ3n) is 5.26. The average molecular weight is 384 g/mol. The molecule has 1 aromatic carbocycles. The van der Waals surface area contributed by atoms with Crippen molar-refractivity contribution in [3.8, 4) is 0 Å². The highest BCUT2D eigenvalue weighted by Gasteiger charge is 2.25. The number of thiophene rings is 1. The van der Waals surface area contributed by atoms with Crippen LogP contribution in [0.3, 0.4) is 0 Å². The van der Waals surface area contributed by atoms with Crippen molar-refractivity contribution >= 4 is 35.1 Å². The Labute approximate surface area is 164 Å². The fraction of sp³-hybridized carbons (Fsp3) is 0.409. The van der Waals surface area contributed by atoms with Crippen molar-refractivity contribution in [3.05, 3.63) is 61.7 Å². The minimum atomic E-state index is 0.0904. The van der Waals surface area contributed by atoms with Gasteiger partial charge in [0.25, 0.3) is 5.91 Å². The Kier molecular flexibility index (Phi) is 5.51. The van der Waals surface area contributed by atoms with Crippen molar-refractivity contribution in [2.45, 2.75) is 57.2 Å². The molecule has 0 spiro atoms. The number of hydrogen-bond donors (Lipinski definition) is 1. The zero-order chi connectivity index (χ0) is 17.9. The van der Waals surface area contributed by atoms with Gasteiger partial charge in [0.05, 0.1) is 4.91 Å². The largest absolute Gasteiger partial charge is 0.349 e. The minimum Gasteiger partial charge on any atom is -0.349 e. The van der Waals surface area contributed by atoms with E-state index in [9.17, 15) is 4.79 Å². The summed E-state index contributed by atoms with van der Waals surface area (Å²) >= 11 is 3.62. The van der Waals surface area contributed by atoms with Crippen LogP contribution < -0.4 is 5.32 Å². The van der Waals surface area contributed by atoms with Gasteiger partial charge in [0, 0.05) is 21.5 Å². The van der Waals surface area contributed by atoms with E-state index in [1.165, 1.54) is 41.7 Å². The lowest BCUT2D eigenvalue weighted by atomic mass is 9.95. The molecule has 1 N–H and O–H groups in total. The van der Waals surface area contributed by atoms with E-state index in [4.69, 9.17) is 0 Å². The van der Waals surface area contributed by atoms with Crippen LogP contribution in [0.2, 0.25) is 0 Å². The van der Waals surface area contributed by atoms with Crippen LogP contribution in [0.4, 0.5) is 0 Å². The molecule has 0 bridgehead atoms. The molecule has 0 saturated heterocycles. The first-order chi connectivity index (χ1) is 12.7. The molecule has 2 heterocycles. The summed E-state index contributed by atoms with van der Waals surface area (Å²) in [5.41, 5.74) is 4.42. The molecular formula is C22H25NOS2. The molecule has 0 fully saturated rings. The molecule has 26 heavy (non-hydrogen) atoms. The fourth-order valence-corrected chi connectivity index (χ4v) is 6.31. The van der Waals surface area contributed by atoms with E-state index < -0.39 is 0 Å². The number of rotatable bonds is 5. The Bertz CT molecular complexity index is 822. The van der Waals surface area contributed by atoms with E-state index in [1.54, 1.807) is 22.2 Å². The van der Waals surface area contributed by atoms with E-state index in [2.05, 4.69) is 42.6 Å². The summed E-state index contributed by atoms with van der Waals surface area (Å²) in [5.74, 6) is 1.05. The number of thioether (sulfide) groups is 1. The lowest BCUT2D eigenvalue weighted by Crippen LogP contribution is -2.33. The molecule has 136 valence electrons. The second-order valence-corrected chi connectivity index (χ2v) is 9.40. The van der Waals surface area contributed by atoms with Crippen molar-refractivity contribution in [1.29, 1.82) is 0 Å². The van der Waals surface area contributed by atoms with Gasteiger partial charge in [0.2, 0.25) is 0 Å². The maximum atomic E-state index is 12.7. The molecule has 1 amide bonds. The van der Waals surface area contributed by atoms with Gasteiger partial charge in [-0.25, -0.2) is 0 Å². The number of carbonyl (C=O) groups is 1. The Morgan fingerprint density at radius 3 is 2.81 bits per heavy atom. The van der Waals surface area contributed by atoms with Gasteiger partial charge in [-0.2, -0.15) is 0 Å². The smallest absolute Gasteiger partial charge is 0.257 e. The van der Waals surface area contributed by atoms with Gasteiger partial charge >= 0.3 is 0 Å². The lowest BCUT2D eigenvalue weighted by molar-refractivity contribution is -0.117. The molecule has 1 unspecified atom stereocenters. The highest BCUT2D eigenvalue weighted by molar-refractivity contribution is 8.03. The normalized spacial score (nSPS) is 17.0. The Hall–Kier alpha value is -1.52. The van der Waals surface area contributed by atoms with E-state index in [1.807, 2.05) is 17.4 Å². The van der Waals surface area contributed by atoms with Crippen molar-refractivity contribution in [2.75, 3.05) is 0 Å². The van der Waals surface area contributed by atoms with Gasteiger partial charge in [-0.3, -0.25) is 4.79 Å². The minimum absolute atomic E-state index is 0.0904. The first kappa shape index (κ1) is 17.9. The Morgan fingerprint density at radius 2 is 1.96 bits per heavy atom. The van der Waals surface area contributed by atoms with Crippen molar-refractivity contribution in [3.63, 3.8) is 0 Å². The number of hydrogen-bond acceptors (Lipinski definition) is 3. The fourth-order valence-electron chi connectivity index (χ4n) is 3.76. The predicted octanol–water partition coefficient (Wildman–Crippen LogP) is 5.35. The van der Waals surface area contributed by atoms with E-state index in [0.29, 0.717) is 0 Å². The Balaban J connectivity index is 1.38. The van der Waals surface area contributed by atoms with Crippen LogP contribution in [0, 0.1) is 0 Å². The molecule has 4 heteroatoms. The van der Waals surface area contributed by atoms with Crippen molar-refractivity contribution < 1.29 is 4.79 Å². The molecule has 2 aromatic rings. The SMILES string of the molecule is CC(CCc1ccccc1)NC(=O)C1=Cc2sc3c(c2CS1)CCCC3. The molecule has 0 saturated carbocycles. The summed E-state index contributed by atoms with van der Waals surface area (Å²) in [6.07, 6.45) is 9.18. The van der Waals surface area contributed by atoms with E-state index in [0.717, 1.165) is 23.5 Å². The van der Waals surface area contributed by atoms with Crippen LogP contribution >= 0.6 is 23.1 Å². The van der Waals surface area contributed by atoms with Crippen molar-refractivity contribution in [1.82, 2.24) is 5.32 Å². The average Bonchev–Trinajstić information content (AvgIpc) is 3.05. The van der Waals surface area contributed by atoms with Crippen LogP contribution in [0.5, 0.6) is 0 Å². The molecule has 2 nitrogen and oxygen atoms in total. The standard InChI is InChI=1S/C22H25NOS2/c1-15(11-12-16-7-3-2-4-8-16)23-22(24)21-13-20-18(14-25-21)17-9-5-6-10-19(17)26-20/h2-4,7-8,13,15H,5-6,9-12,14H2,1H3,(H,23,24). The molecule has 1 aliphatic carbocycles. The maximum Gasteiger partial charge on any atom is 0.257 e. The van der Waals surface area contributed by atoms with Gasteiger partial charge in [-0.15, -0.1) is 23.1 Å². The zero-order valence-electron chi connectivity index (χ0n) is 15.2. The predicted molar refractivity (Wildman–Crippen MR) is 113 cm³/mol. The van der Waals surface area contributed by atoms with Gasteiger partial charge in [0.1, 0.15) is 0 Å². The number of nitrogens with one attached hydrogen (secondary N) is 1. The van der Waals surface area contributed by atoms with E-state index >= 15 is 0 Å². The van der Waals surface area contributed by atoms with Gasteiger partial charge in [-0.05, 0) is 68.2 Å². The van der Waals surface area contributed by atoms with Crippen LogP contribution in [0.15, 0.2) is 35.2 Å². The summed E-state index contributed by atoms with van der Waals surface area (Å²) in [4.78, 5) is 16.5. The second kappa shape index (κ2) is 8.01. The third-order valence-corrected chi connectivity index (χ3v) is 7.58. The molecule has 1 atom stereocenters.